The monoisotopic (exact) mass is 326 g/mol. The summed E-state index contributed by atoms with van der Waals surface area (Å²) in [6.45, 7) is 7.09. The van der Waals surface area contributed by atoms with Crippen LogP contribution in [0.4, 0.5) is 11.6 Å². The lowest BCUT2D eigenvalue weighted by Gasteiger charge is -2.33. The zero-order valence-corrected chi connectivity index (χ0v) is 14.8. The van der Waals surface area contributed by atoms with Gasteiger partial charge in [0.2, 0.25) is 0 Å². The van der Waals surface area contributed by atoms with Crippen LogP contribution in [0.2, 0.25) is 0 Å². The summed E-state index contributed by atoms with van der Waals surface area (Å²) >= 11 is 0. The molecule has 3 heterocycles. The molecule has 6 heteroatoms. The van der Waals surface area contributed by atoms with Crippen LogP contribution in [0.1, 0.15) is 11.4 Å². The molecule has 0 aromatic carbocycles. The van der Waals surface area contributed by atoms with Gasteiger partial charge < -0.3 is 14.7 Å². The number of pyridine rings is 1. The fourth-order valence-corrected chi connectivity index (χ4v) is 2.89. The van der Waals surface area contributed by atoms with E-state index in [1.807, 2.05) is 19.3 Å². The van der Waals surface area contributed by atoms with Crippen molar-refractivity contribution in [2.75, 3.05) is 56.6 Å². The van der Waals surface area contributed by atoms with Crippen LogP contribution < -0.4 is 9.80 Å². The number of likely N-dealkylation sites (N-methyl/N-ethyl adjacent to an activating group) is 2. The predicted octanol–water partition coefficient (Wildman–Crippen LogP) is 1.61. The maximum absolute atomic E-state index is 4.64. The third kappa shape index (κ3) is 4.20. The van der Waals surface area contributed by atoms with Gasteiger partial charge in [0, 0.05) is 58.2 Å². The molecule has 0 radical (unpaired) electrons. The highest BCUT2D eigenvalue weighted by molar-refractivity contribution is 5.51. The van der Waals surface area contributed by atoms with E-state index in [1.165, 1.54) is 5.56 Å². The summed E-state index contributed by atoms with van der Waals surface area (Å²) in [5, 5.41) is 0. The Morgan fingerprint density at radius 3 is 2.50 bits per heavy atom. The first-order valence-corrected chi connectivity index (χ1v) is 8.51. The van der Waals surface area contributed by atoms with Crippen molar-refractivity contribution in [3.8, 4) is 0 Å². The summed E-state index contributed by atoms with van der Waals surface area (Å²) in [5.74, 6) is 2.86. The Bertz CT molecular complexity index is 652. The lowest BCUT2D eigenvalue weighted by molar-refractivity contribution is 0.312. The van der Waals surface area contributed by atoms with Gasteiger partial charge in [-0.3, -0.25) is 4.98 Å². The third-order valence-corrected chi connectivity index (χ3v) is 4.51. The molecule has 1 aliphatic rings. The molecule has 0 bridgehead atoms. The molecule has 3 rings (SSSR count). The molecule has 1 saturated heterocycles. The van der Waals surface area contributed by atoms with Crippen molar-refractivity contribution in [1.82, 2.24) is 19.9 Å². The number of aryl methyl sites for hydroxylation is 1. The zero-order valence-electron chi connectivity index (χ0n) is 14.8. The Kier molecular flexibility index (Phi) is 5.25. The Labute approximate surface area is 144 Å². The standard InChI is InChI=1S/C18H26N6/c1-15-20-17(23(3)9-6-16-4-7-19-8-5-16)14-18(21-15)24-12-10-22(2)11-13-24/h4-5,7-8,14H,6,9-13H2,1-3H3. The molecule has 2 aromatic rings. The van der Waals surface area contributed by atoms with E-state index in [2.05, 4.69) is 61.9 Å². The molecule has 0 spiro atoms. The average Bonchev–Trinajstić information content (AvgIpc) is 2.60. The van der Waals surface area contributed by atoms with Crippen LogP contribution in [0.15, 0.2) is 30.6 Å². The second kappa shape index (κ2) is 7.57. The number of hydrogen-bond donors (Lipinski definition) is 0. The number of hydrogen-bond acceptors (Lipinski definition) is 6. The van der Waals surface area contributed by atoms with Gasteiger partial charge in [-0.05, 0) is 38.1 Å². The van der Waals surface area contributed by atoms with Crippen LogP contribution in [-0.4, -0.2) is 66.7 Å². The number of rotatable bonds is 5. The Morgan fingerprint density at radius 1 is 1.08 bits per heavy atom. The van der Waals surface area contributed by atoms with E-state index in [0.29, 0.717) is 0 Å². The Balaban J connectivity index is 1.68. The van der Waals surface area contributed by atoms with Gasteiger partial charge in [0.05, 0.1) is 0 Å². The SMILES string of the molecule is Cc1nc(N(C)CCc2ccncc2)cc(N2CCN(C)CC2)n1. The number of anilines is 2. The van der Waals surface area contributed by atoms with E-state index < -0.39 is 0 Å². The number of piperazine rings is 1. The summed E-state index contributed by atoms with van der Waals surface area (Å²) < 4.78 is 0. The zero-order chi connectivity index (χ0) is 16.9. The quantitative estimate of drug-likeness (QED) is 0.832. The second-order valence-corrected chi connectivity index (χ2v) is 6.45. The van der Waals surface area contributed by atoms with E-state index in [4.69, 9.17) is 0 Å². The highest BCUT2D eigenvalue weighted by atomic mass is 15.3. The van der Waals surface area contributed by atoms with Crippen molar-refractivity contribution in [1.29, 1.82) is 0 Å². The molecular weight excluding hydrogens is 300 g/mol. The van der Waals surface area contributed by atoms with E-state index in [1.54, 1.807) is 0 Å². The van der Waals surface area contributed by atoms with Crippen molar-refractivity contribution in [3.05, 3.63) is 42.0 Å². The van der Waals surface area contributed by atoms with E-state index in [-0.39, 0.29) is 0 Å². The van der Waals surface area contributed by atoms with E-state index >= 15 is 0 Å². The normalized spacial score (nSPS) is 15.5. The molecule has 0 N–H and O–H groups in total. The van der Waals surface area contributed by atoms with Gasteiger partial charge in [-0.25, -0.2) is 9.97 Å². The molecule has 1 aliphatic heterocycles. The molecular formula is C18H26N6. The first-order valence-electron chi connectivity index (χ1n) is 8.51. The van der Waals surface area contributed by atoms with Crippen LogP contribution >= 0.6 is 0 Å². The van der Waals surface area contributed by atoms with Crippen LogP contribution in [0.25, 0.3) is 0 Å². The van der Waals surface area contributed by atoms with Crippen LogP contribution in [-0.2, 0) is 6.42 Å². The molecule has 0 atom stereocenters. The minimum Gasteiger partial charge on any atom is -0.359 e. The smallest absolute Gasteiger partial charge is 0.134 e. The van der Waals surface area contributed by atoms with Gasteiger partial charge in [0.25, 0.3) is 0 Å². The molecule has 128 valence electrons. The van der Waals surface area contributed by atoms with Gasteiger partial charge in [0.15, 0.2) is 0 Å². The molecule has 2 aromatic heterocycles. The summed E-state index contributed by atoms with van der Waals surface area (Å²) in [7, 11) is 4.26. The summed E-state index contributed by atoms with van der Waals surface area (Å²) in [4.78, 5) is 20.2. The Hall–Kier alpha value is -2.21. The number of aromatic nitrogens is 3. The second-order valence-electron chi connectivity index (χ2n) is 6.45. The van der Waals surface area contributed by atoms with Crippen molar-refractivity contribution < 1.29 is 0 Å². The first kappa shape index (κ1) is 16.6. The summed E-state index contributed by atoms with van der Waals surface area (Å²) in [6, 6.07) is 6.24. The molecule has 1 fully saturated rings. The van der Waals surface area contributed by atoms with Gasteiger partial charge in [-0.1, -0.05) is 0 Å². The molecule has 0 amide bonds. The third-order valence-electron chi connectivity index (χ3n) is 4.51. The van der Waals surface area contributed by atoms with Crippen molar-refractivity contribution in [3.63, 3.8) is 0 Å². The highest BCUT2D eigenvalue weighted by Crippen LogP contribution is 2.20. The van der Waals surface area contributed by atoms with Crippen molar-refractivity contribution in [2.24, 2.45) is 0 Å². The largest absolute Gasteiger partial charge is 0.359 e. The number of nitrogens with zero attached hydrogens (tertiary/aromatic N) is 6. The topological polar surface area (TPSA) is 48.4 Å². The Morgan fingerprint density at radius 2 is 1.79 bits per heavy atom. The minimum atomic E-state index is 0.831. The van der Waals surface area contributed by atoms with E-state index in [0.717, 1.165) is 56.6 Å². The van der Waals surface area contributed by atoms with Gasteiger partial charge in [-0.15, -0.1) is 0 Å². The molecule has 24 heavy (non-hydrogen) atoms. The average molecular weight is 326 g/mol. The van der Waals surface area contributed by atoms with Crippen molar-refractivity contribution >= 4 is 11.6 Å². The maximum atomic E-state index is 4.64. The first-order chi connectivity index (χ1) is 11.6. The van der Waals surface area contributed by atoms with Gasteiger partial charge >= 0.3 is 0 Å². The molecule has 6 nitrogen and oxygen atoms in total. The fourth-order valence-electron chi connectivity index (χ4n) is 2.89. The van der Waals surface area contributed by atoms with Crippen LogP contribution in [0.5, 0.6) is 0 Å². The lowest BCUT2D eigenvalue weighted by atomic mass is 10.2. The van der Waals surface area contributed by atoms with Crippen molar-refractivity contribution in [2.45, 2.75) is 13.3 Å². The summed E-state index contributed by atoms with van der Waals surface area (Å²) in [5.41, 5.74) is 1.29. The summed E-state index contributed by atoms with van der Waals surface area (Å²) in [6.07, 6.45) is 4.66. The van der Waals surface area contributed by atoms with Crippen LogP contribution in [0.3, 0.4) is 0 Å². The minimum absolute atomic E-state index is 0.831. The fraction of sp³-hybridized carbons (Fsp3) is 0.500. The van der Waals surface area contributed by atoms with Gasteiger partial charge in [-0.2, -0.15) is 0 Å². The molecule has 0 aliphatic carbocycles. The lowest BCUT2D eigenvalue weighted by Crippen LogP contribution is -2.45. The van der Waals surface area contributed by atoms with Gasteiger partial charge in [0.1, 0.15) is 17.5 Å². The van der Waals surface area contributed by atoms with E-state index in [9.17, 15) is 0 Å². The highest BCUT2D eigenvalue weighted by Gasteiger charge is 2.17. The predicted molar refractivity (Wildman–Crippen MR) is 97.7 cm³/mol. The van der Waals surface area contributed by atoms with Crippen LogP contribution in [0, 0.1) is 6.92 Å². The molecule has 0 unspecified atom stereocenters. The maximum Gasteiger partial charge on any atom is 0.134 e. The molecule has 0 saturated carbocycles.